The van der Waals surface area contributed by atoms with E-state index in [-0.39, 0.29) is 6.03 Å². The molecule has 1 aliphatic rings. The maximum atomic E-state index is 11.9. The van der Waals surface area contributed by atoms with Crippen molar-refractivity contribution in [2.24, 2.45) is 0 Å². The maximum absolute atomic E-state index is 11.9. The molecule has 1 fully saturated rings. The van der Waals surface area contributed by atoms with Gasteiger partial charge in [0.25, 0.3) is 0 Å². The summed E-state index contributed by atoms with van der Waals surface area (Å²) in [5, 5.41) is 2.76. The van der Waals surface area contributed by atoms with E-state index in [4.69, 9.17) is 0 Å². The maximum Gasteiger partial charge on any atom is 0.323 e. The Labute approximate surface area is 94.9 Å². The zero-order chi connectivity index (χ0) is 11.4. The van der Waals surface area contributed by atoms with Crippen molar-refractivity contribution in [2.75, 3.05) is 11.9 Å². The molecule has 5 heteroatoms. The highest BCUT2D eigenvalue weighted by atomic mass is 16.2. The van der Waals surface area contributed by atoms with E-state index < -0.39 is 0 Å². The number of hydrogen-bond acceptors (Lipinski definition) is 3. The average molecular weight is 220 g/mol. The van der Waals surface area contributed by atoms with Gasteiger partial charge in [0.1, 0.15) is 0 Å². The molecule has 2 rings (SSSR count). The summed E-state index contributed by atoms with van der Waals surface area (Å²) in [6, 6.07) is 0.234. The molecule has 1 atom stereocenters. The second-order valence-electron chi connectivity index (χ2n) is 4.06. The number of piperidine rings is 1. The molecule has 1 aromatic heterocycles. The Morgan fingerprint density at radius 3 is 3.06 bits per heavy atom. The van der Waals surface area contributed by atoms with Crippen LogP contribution in [0.1, 0.15) is 26.2 Å². The first kappa shape index (κ1) is 10.9. The topological polar surface area (TPSA) is 58.1 Å². The molecule has 1 aliphatic heterocycles. The number of nitrogens with zero attached hydrogens (tertiary/aromatic N) is 3. The molecule has 2 amide bonds. The van der Waals surface area contributed by atoms with Crippen LogP contribution in [-0.4, -0.2) is 33.5 Å². The van der Waals surface area contributed by atoms with Crippen LogP contribution in [0.25, 0.3) is 0 Å². The van der Waals surface area contributed by atoms with E-state index in [9.17, 15) is 4.79 Å². The summed E-state index contributed by atoms with van der Waals surface area (Å²) in [6.45, 7) is 2.91. The number of carbonyl (C=O) groups excluding carboxylic acids is 1. The first-order chi connectivity index (χ1) is 7.77. The summed E-state index contributed by atoms with van der Waals surface area (Å²) in [7, 11) is 0. The molecule has 16 heavy (non-hydrogen) atoms. The van der Waals surface area contributed by atoms with Crippen LogP contribution < -0.4 is 5.32 Å². The fourth-order valence-electron chi connectivity index (χ4n) is 1.94. The van der Waals surface area contributed by atoms with Gasteiger partial charge in [0.2, 0.25) is 0 Å². The second kappa shape index (κ2) is 4.92. The van der Waals surface area contributed by atoms with E-state index in [0.717, 1.165) is 19.4 Å². The summed E-state index contributed by atoms with van der Waals surface area (Å²) in [4.78, 5) is 21.7. The van der Waals surface area contributed by atoms with Crippen LogP contribution in [-0.2, 0) is 0 Å². The molecule has 1 saturated heterocycles. The van der Waals surface area contributed by atoms with Gasteiger partial charge in [-0.1, -0.05) is 0 Å². The first-order valence-electron chi connectivity index (χ1n) is 5.61. The van der Waals surface area contributed by atoms with Gasteiger partial charge in [-0.15, -0.1) is 0 Å². The van der Waals surface area contributed by atoms with Crippen LogP contribution >= 0.6 is 0 Å². The number of urea groups is 1. The zero-order valence-corrected chi connectivity index (χ0v) is 9.39. The fourth-order valence-corrected chi connectivity index (χ4v) is 1.94. The van der Waals surface area contributed by atoms with Crippen LogP contribution in [0, 0.1) is 0 Å². The highest BCUT2D eigenvalue weighted by Crippen LogP contribution is 2.17. The minimum Gasteiger partial charge on any atom is -0.322 e. The normalized spacial score (nSPS) is 20.6. The lowest BCUT2D eigenvalue weighted by Gasteiger charge is -2.33. The molecule has 0 saturated carbocycles. The summed E-state index contributed by atoms with van der Waals surface area (Å²) in [5.74, 6) is 0.505. The van der Waals surface area contributed by atoms with Crippen molar-refractivity contribution in [1.29, 1.82) is 0 Å². The Balaban J connectivity index is 1.97. The molecular weight excluding hydrogens is 204 g/mol. The summed E-state index contributed by atoms with van der Waals surface area (Å²) >= 11 is 0. The number of anilines is 1. The van der Waals surface area contributed by atoms with Crippen molar-refractivity contribution in [2.45, 2.75) is 32.2 Å². The van der Waals surface area contributed by atoms with Crippen molar-refractivity contribution in [3.63, 3.8) is 0 Å². The van der Waals surface area contributed by atoms with Gasteiger partial charge in [0.05, 0.1) is 6.20 Å². The molecule has 0 aliphatic carbocycles. The molecule has 0 aromatic carbocycles. The van der Waals surface area contributed by atoms with E-state index in [1.165, 1.54) is 6.42 Å². The molecule has 5 nitrogen and oxygen atoms in total. The van der Waals surface area contributed by atoms with Crippen molar-refractivity contribution in [3.8, 4) is 0 Å². The molecule has 2 heterocycles. The van der Waals surface area contributed by atoms with E-state index >= 15 is 0 Å². The van der Waals surface area contributed by atoms with Gasteiger partial charge < -0.3 is 4.90 Å². The lowest BCUT2D eigenvalue weighted by atomic mass is 10.0. The highest BCUT2D eigenvalue weighted by molar-refractivity contribution is 5.88. The summed E-state index contributed by atoms with van der Waals surface area (Å²) in [6.07, 6.45) is 8.06. The minimum absolute atomic E-state index is 0.0762. The summed E-state index contributed by atoms with van der Waals surface area (Å²) < 4.78 is 0. The number of amides is 2. The highest BCUT2D eigenvalue weighted by Gasteiger charge is 2.23. The molecule has 1 N–H and O–H groups in total. The van der Waals surface area contributed by atoms with Crippen LogP contribution in [0.2, 0.25) is 0 Å². The Kier molecular flexibility index (Phi) is 3.34. The van der Waals surface area contributed by atoms with Gasteiger partial charge in [-0.05, 0) is 26.2 Å². The predicted molar refractivity (Wildman–Crippen MR) is 61.1 cm³/mol. The van der Waals surface area contributed by atoms with Gasteiger partial charge in [-0.2, -0.15) is 0 Å². The van der Waals surface area contributed by atoms with Gasteiger partial charge in [-0.25, -0.2) is 9.78 Å². The molecule has 0 bridgehead atoms. The van der Waals surface area contributed by atoms with Gasteiger partial charge in [0, 0.05) is 25.0 Å². The van der Waals surface area contributed by atoms with E-state index in [2.05, 4.69) is 22.2 Å². The molecule has 0 spiro atoms. The Morgan fingerprint density at radius 1 is 1.50 bits per heavy atom. The van der Waals surface area contributed by atoms with Crippen molar-refractivity contribution in [1.82, 2.24) is 14.9 Å². The lowest BCUT2D eigenvalue weighted by Crippen LogP contribution is -2.44. The zero-order valence-electron chi connectivity index (χ0n) is 9.39. The van der Waals surface area contributed by atoms with Crippen LogP contribution in [0.15, 0.2) is 18.6 Å². The lowest BCUT2D eigenvalue weighted by molar-refractivity contribution is 0.170. The standard InChI is InChI=1S/C11H16N4O/c1-9-4-2-3-7-15(9)11(16)14-10-8-12-5-6-13-10/h5-6,8-9H,2-4,7H2,1H3,(H,13,14,16). The largest absolute Gasteiger partial charge is 0.323 e. The Bertz CT molecular complexity index is 354. The van der Waals surface area contributed by atoms with Crippen molar-refractivity contribution >= 4 is 11.8 Å². The quantitative estimate of drug-likeness (QED) is 0.786. The first-order valence-corrected chi connectivity index (χ1v) is 5.61. The molecular formula is C11H16N4O. The number of hydrogen-bond donors (Lipinski definition) is 1. The van der Waals surface area contributed by atoms with Gasteiger partial charge in [-0.3, -0.25) is 10.3 Å². The average Bonchev–Trinajstić information content (AvgIpc) is 2.31. The Hall–Kier alpha value is -1.65. The van der Waals surface area contributed by atoms with Crippen LogP contribution in [0.4, 0.5) is 10.6 Å². The van der Waals surface area contributed by atoms with Gasteiger partial charge in [0.15, 0.2) is 5.82 Å². The van der Waals surface area contributed by atoms with Crippen molar-refractivity contribution < 1.29 is 4.79 Å². The number of aromatic nitrogens is 2. The summed E-state index contributed by atoms with van der Waals surface area (Å²) in [5.41, 5.74) is 0. The second-order valence-corrected chi connectivity index (χ2v) is 4.06. The number of carbonyl (C=O) groups is 1. The molecule has 1 aromatic rings. The number of likely N-dealkylation sites (tertiary alicyclic amines) is 1. The SMILES string of the molecule is CC1CCCCN1C(=O)Nc1cnccn1. The predicted octanol–water partition coefficient (Wildman–Crippen LogP) is 1.88. The Morgan fingerprint density at radius 2 is 2.38 bits per heavy atom. The van der Waals surface area contributed by atoms with Crippen LogP contribution in [0.5, 0.6) is 0 Å². The van der Waals surface area contributed by atoms with Gasteiger partial charge >= 0.3 is 6.03 Å². The molecule has 1 unspecified atom stereocenters. The van der Waals surface area contributed by atoms with E-state index in [1.807, 2.05) is 4.90 Å². The van der Waals surface area contributed by atoms with Crippen LogP contribution in [0.3, 0.4) is 0 Å². The smallest absolute Gasteiger partial charge is 0.322 e. The minimum atomic E-state index is -0.0762. The molecule has 86 valence electrons. The number of nitrogens with one attached hydrogen (secondary N) is 1. The van der Waals surface area contributed by atoms with Crippen molar-refractivity contribution in [3.05, 3.63) is 18.6 Å². The van der Waals surface area contributed by atoms with E-state index in [0.29, 0.717) is 11.9 Å². The third kappa shape index (κ3) is 2.48. The van der Waals surface area contributed by atoms with E-state index in [1.54, 1.807) is 18.6 Å². The fraction of sp³-hybridized carbons (Fsp3) is 0.545. The third-order valence-electron chi connectivity index (χ3n) is 2.86. The third-order valence-corrected chi connectivity index (χ3v) is 2.86. The number of rotatable bonds is 1. The molecule has 0 radical (unpaired) electrons. The monoisotopic (exact) mass is 220 g/mol.